The Morgan fingerprint density at radius 3 is 2.80 bits per heavy atom. The Kier molecular flexibility index (Phi) is 3.57. The maximum atomic E-state index is 6.00. The smallest absolute Gasteiger partial charge is 0.0737 e. The van der Waals surface area contributed by atoms with E-state index in [1.165, 1.54) is 11.1 Å². The number of hydrogen-bond donors (Lipinski definition) is 1. The van der Waals surface area contributed by atoms with Crippen molar-refractivity contribution in [2.24, 2.45) is 0 Å². The van der Waals surface area contributed by atoms with Gasteiger partial charge in [-0.3, -0.25) is 4.98 Å². The minimum Gasteiger partial charge on any atom is -0.380 e. The number of halogens is 1. The standard InChI is InChI=1S/C17H15ClN2/c1-12-4-2-3-5-13(12)11-20-16-8-9-19-17-10-14(18)6-7-15(16)17/h2-10H,11H2,1H3,(H,19,20). The van der Waals surface area contributed by atoms with Gasteiger partial charge in [-0.25, -0.2) is 0 Å². The molecule has 0 saturated heterocycles. The van der Waals surface area contributed by atoms with Crippen LogP contribution in [-0.4, -0.2) is 4.98 Å². The Hall–Kier alpha value is -2.06. The van der Waals surface area contributed by atoms with Crippen LogP contribution in [0, 0.1) is 6.92 Å². The SMILES string of the molecule is Cc1ccccc1CNc1ccnc2cc(Cl)ccc12. The zero-order valence-corrected chi connectivity index (χ0v) is 12.0. The number of pyridine rings is 1. The molecule has 0 saturated carbocycles. The van der Waals surface area contributed by atoms with Crippen molar-refractivity contribution in [3.63, 3.8) is 0 Å². The van der Waals surface area contributed by atoms with E-state index in [1.807, 2.05) is 24.3 Å². The lowest BCUT2D eigenvalue weighted by atomic mass is 10.1. The summed E-state index contributed by atoms with van der Waals surface area (Å²) in [6, 6.07) is 16.2. The van der Waals surface area contributed by atoms with E-state index in [9.17, 15) is 0 Å². The van der Waals surface area contributed by atoms with Gasteiger partial charge in [0, 0.05) is 28.8 Å². The molecule has 2 aromatic carbocycles. The summed E-state index contributed by atoms with van der Waals surface area (Å²) < 4.78 is 0. The van der Waals surface area contributed by atoms with Crippen LogP contribution in [0.4, 0.5) is 5.69 Å². The third-order valence-corrected chi connectivity index (χ3v) is 3.67. The lowest BCUT2D eigenvalue weighted by Crippen LogP contribution is -2.01. The predicted octanol–water partition coefficient (Wildman–Crippen LogP) is 4.81. The molecule has 0 spiro atoms. The van der Waals surface area contributed by atoms with Crippen LogP contribution in [0.15, 0.2) is 54.7 Å². The van der Waals surface area contributed by atoms with E-state index in [0.717, 1.165) is 23.1 Å². The summed E-state index contributed by atoms with van der Waals surface area (Å²) >= 11 is 6.00. The fourth-order valence-electron chi connectivity index (χ4n) is 2.27. The van der Waals surface area contributed by atoms with Crippen molar-refractivity contribution in [1.82, 2.24) is 4.98 Å². The summed E-state index contributed by atoms with van der Waals surface area (Å²) in [5, 5.41) is 5.28. The molecule has 0 amide bonds. The van der Waals surface area contributed by atoms with E-state index in [0.29, 0.717) is 5.02 Å². The van der Waals surface area contributed by atoms with Gasteiger partial charge in [0.15, 0.2) is 0 Å². The van der Waals surface area contributed by atoms with Crippen molar-refractivity contribution < 1.29 is 0 Å². The molecule has 1 aromatic heterocycles. The van der Waals surface area contributed by atoms with Gasteiger partial charge < -0.3 is 5.32 Å². The highest BCUT2D eigenvalue weighted by molar-refractivity contribution is 6.31. The first-order valence-corrected chi connectivity index (χ1v) is 6.94. The monoisotopic (exact) mass is 282 g/mol. The minimum atomic E-state index is 0.709. The van der Waals surface area contributed by atoms with E-state index in [4.69, 9.17) is 11.6 Å². The number of nitrogens with zero attached hydrogens (tertiary/aromatic N) is 1. The normalized spacial score (nSPS) is 10.7. The number of hydrogen-bond acceptors (Lipinski definition) is 2. The highest BCUT2D eigenvalue weighted by atomic mass is 35.5. The lowest BCUT2D eigenvalue weighted by Gasteiger charge is -2.11. The van der Waals surface area contributed by atoms with Crippen LogP contribution in [0.2, 0.25) is 5.02 Å². The second kappa shape index (κ2) is 5.51. The van der Waals surface area contributed by atoms with Gasteiger partial charge in [0.05, 0.1) is 5.52 Å². The largest absolute Gasteiger partial charge is 0.380 e. The van der Waals surface area contributed by atoms with E-state index in [1.54, 1.807) is 6.20 Å². The van der Waals surface area contributed by atoms with E-state index in [-0.39, 0.29) is 0 Å². The number of rotatable bonds is 3. The average molecular weight is 283 g/mol. The third kappa shape index (κ3) is 2.61. The van der Waals surface area contributed by atoms with Crippen LogP contribution < -0.4 is 5.32 Å². The summed E-state index contributed by atoms with van der Waals surface area (Å²) in [7, 11) is 0. The van der Waals surface area contributed by atoms with Crippen LogP contribution in [0.3, 0.4) is 0 Å². The van der Waals surface area contributed by atoms with Crippen LogP contribution in [0.25, 0.3) is 10.9 Å². The summed E-state index contributed by atoms with van der Waals surface area (Å²) in [5.74, 6) is 0. The summed E-state index contributed by atoms with van der Waals surface area (Å²) in [6.07, 6.45) is 1.80. The average Bonchev–Trinajstić information content (AvgIpc) is 2.46. The molecule has 1 heterocycles. The number of benzene rings is 2. The first-order chi connectivity index (χ1) is 9.74. The molecule has 0 aliphatic heterocycles. The molecule has 100 valence electrons. The van der Waals surface area contributed by atoms with Gasteiger partial charge in [0.2, 0.25) is 0 Å². The molecule has 0 unspecified atom stereocenters. The second-order valence-electron chi connectivity index (χ2n) is 4.80. The van der Waals surface area contributed by atoms with E-state index >= 15 is 0 Å². The Morgan fingerprint density at radius 1 is 1.10 bits per heavy atom. The quantitative estimate of drug-likeness (QED) is 0.746. The van der Waals surface area contributed by atoms with Gasteiger partial charge in [-0.15, -0.1) is 0 Å². The number of aromatic nitrogens is 1. The van der Waals surface area contributed by atoms with Crippen molar-refractivity contribution in [3.8, 4) is 0 Å². The lowest BCUT2D eigenvalue weighted by molar-refractivity contribution is 1.12. The second-order valence-corrected chi connectivity index (χ2v) is 5.24. The topological polar surface area (TPSA) is 24.9 Å². The van der Waals surface area contributed by atoms with Crippen LogP contribution in [0.1, 0.15) is 11.1 Å². The predicted molar refractivity (Wildman–Crippen MR) is 85.3 cm³/mol. The first-order valence-electron chi connectivity index (χ1n) is 6.57. The fraction of sp³-hybridized carbons (Fsp3) is 0.118. The number of nitrogens with one attached hydrogen (secondary N) is 1. The summed E-state index contributed by atoms with van der Waals surface area (Å²) in [6.45, 7) is 2.93. The summed E-state index contributed by atoms with van der Waals surface area (Å²) in [4.78, 5) is 4.35. The zero-order valence-electron chi connectivity index (χ0n) is 11.2. The van der Waals surface area contributed by atoms with Gasteiger partial charge >= 0.3 is 0 Å². The molecule has 0 radical (unpaired) electrons. The van der Waals surface area contributed by atoms with E-state index < -0.39 is 0 Å². The Labute approximate surface area is 123 Å². The van der Waals surface area contributed by atoms with E-state index in [2.05, 4.69) is 41.5 Å². The Balaban J connectivity index is 1.90. The third-order valence-electron chi connectivity index (χ3n) is 3.44. The highest BCUT2D eigenvalue weighted by Gasteiger charge is 2.03. The van der Waals surface area contributed by atoms with Crippen molar-refractivity contribution >= 4 is 28.2 Å². The van der Waals surface area contributed by atoms with Gasteiger partial charge in [0.25, 0.3) is 0 Å². The highest BCUT2D eigenvalue weighted by Crippen LogP contribution is 2.25. The molecular formula is C17H15ClN2. The first kappa shape index (κ1) is 12.9. The number of fused-ring (bicyclic) bond motifs is 1. The molecular weight excluding hydrogens is 268 g/mol. The molecule has 2 nitrogen and oxygen atoms in total. The molecule has 3 rings (SSSR count). The van der Waals surface area contributed by atoms with Crippen molar-refractivity contribution in [2.75, 3.05) is 5.32 Å². The van der Waals surface area contributed by atoms with Crippen molar-refractivity contribution in [2.45, 2.75) is 13.5 Å². The fourth-order valence-corrected chi connectivity index (χ4v) is 2.44. The molecule has 0 aliphatic carbocycles. The van der Waals surface area contributed by atoms with Crippen molar-refractivity contribution in [3.05, 3.63) is 70.9 Å². The molecule has 0 aliphatic rings. The number of aryl methyl sites for hydroxylation is 1. The molecule has 1 N–H and O–H groups in total. The van der Waals surface area contributed by atoms with Crippen LogP contribution in [-0.2, 0) is 6.54 Å². The molecule has 0 atom stereocenters. The molecule has 3 heteroatoms. The van der Waals surface area contributed by atoms with Gasteiger partial charge in [-0.2, -0.15) is 0 Å². The molecule has 0 fully saturated rings. The van der Waals surface area contributed by atoms with Gasteiger partial charge in [0.1, 0.15) is 0 Å². The van der Waals surface area contributed by atoms with Gasteiger partial charge in [-0.1, -0.05) is 35.9 Å². The molecule has 20 heavy (non-hydrogen) atoms. The minimum absolute atomic E-state index is 0.709. The van der Waals surface area contributed by atoms with Crippen LogP contribution >= 0.6 is 11.6 Å². The van der Waals surface area contributed by atoms with Crippen LogP contribution in [0.5, 0.6) is 0 Å². The zero-order chi connectivity index (χ0) is 13.9. The maximum absolute atomic E-state index is 6.00. The Bertz CT molecular complexity index is 753. The molecule has 0 bridgehead atoms. The van der Waals surface area contributed by atoms with Crippen molar-refractivity contribution in [1.29, 1.82) is 0 Å². The molecule has 3 aromatic rings. The Morgan fingerprint density at radius 2 is 1.95 bits per heavy atom. The summed E-state index contributed by atoms with van der Waals surface area (Å²) in [5.41, 5.74) is 4.58. The van der Waals surface area contributed by atoms with Gasteiger partial charge in [-0.05, 0) is 42.3 Å². The number of anilines is 1. The maximum Gasteiger partial charge on any atom is 0.0737 e.